The fourth-order valence-electron chi connectivity index (χ4n) is 2.18. The van der Waals surface area contributed by atoms with Gasteiger partial charge in [0.05, 0.1) is 10.7 Å². The Morgan fingerprint density at radius 2 is 2.25 bits per heavy atom. The third kappa shape index (κ3) is 1.51. The van der Waals surface area contributed by atoms with E-state index in [-0.39, 0.29) is 11.9 Å². The quantitative estimate of drug-likeness (QED) is 0.828. The highest BCUT2D eigenvalue weighted by atomic mass is 35.5. The zero-order chi connectivity index (χ0) is 11.3. The molecule has 1 aromatic carbocycles. The Kier molecular flexibility index (Phi) is 2.19. The number of carbonyl (C=O) groups is 1. The van der Waals surface area contributed by atoms with Crippen LogP contribution in [0.3, 0.4) is 0 Å². The minimum absolute atomic E-state index is 0.00204. The first-order valence-corrected chi connectivity index (χ1v) is 5.90. The van der Waals surface area contributed by atoms with Crippen LogP contribution in [0.15, 0.2) is 18.2 Å². The van der Waals surface area contributed by atoms with Crippen molar-refractivity contribution in [3.63, 3.8) is 0 Å². The van der Waals surface area contributed by atoms with Crippen molar-refractivity contribution >= 4 is 23.2 Å². The molecule has 1 aliphatic carbocycles. The minimum atomic E-state index is -0.233. The van der Waals surface area contributed by atoms with Gasteiger partial charge < -0.3 is 5.32 Å². The van der Waals surface area contributed by atoms with Crippen LogP contribution >= 0.6 is 11.6 Å². The Balaban J connectivity index is 1.90. The molecule has 1 amide bonds. The number of benzene rings is 1. The number of anilines is 1. The third-order valence-electron chi connectivity index (χ3n) is 3.36. The van der Waals surface area contributed by atoms with Gasteiger partial charge in [-0.2, -0.15) is 0 Å². The Morgan fingerprint density at radius 1 is 1.50 bits per heavy atom. The molecular weight excluding hydrogens is 224 g/mol. The predicted molar refractivity (Wildman–Crippen MR) is 63.5 cm³/mol. The van der Waals surface area contributed by atoms with Crippen LogP contribution in [0.2, 0.25) is 5.02 Å². The van der Waals surface area contributed by atoms with E-state index < -0.39 is 0 Å². The topological polar surface area (TPSA) is 41.1 Å². The second-order valence-corrected chi connectivity index (χ2v) is 5.02. The molecule has 0 radical (unpaired) electrons. The number of para-hydroxylation sites is 1. The van der Waals surface area contributed by atoms with E-state index in [1.807, 2.05) is 12.1 Å². The molecule has 0 aromatic heterocycles. The fraction of sp³-hybridized carbons (Fsp3) is 0.417. The normalized spacial score (nSPS) is 31.1. The molecule has 2 N–H and O–H groups in total. The summed E-state index contributed by atoms with van der Waals surface area (Å²) in [7, 11) is 0. The summed E-state index contributed by atoms with van der Waals surface area (Å²) in [5, 5.41) is 6.81. The molecule has 2 aliphatic rings. The lowest BCUT2D eigenvalue weighted by atomic mass is 10.1. The summed E-state index contributed by atoms with van der Waals surface area (Å²) >= 11 is 6.04. The molecule has 3 atom stereocenters. The van der Waals surface area contributed by atoms with Gasteiger partial charge in [0, 0.05) is 11.6 Å². The first kappa shape index (κ1) is 10.1. The van der Waals surface area contributed by atoms with Crippen LogP contribution in [0.25, 0.3) is 0 Å². The van der Waals surface area contributed by atoms with Crippen molar-refractivity contribution in [3.05, 3.63) is 28.8 Å². The van der Waals surface area contributed by atoms with Crippen LogP contribution in [-0.2, 0) is 4.79 Å². The summed E-state index contributed by atoms with van der Waals surface area (Å²) in [5.74, 6) is 0.679. The second-order valence-electron chi connectivity index (χ2n) is 4.61. The molecule has 1 heterocycles. The van der Waals surface area contributed by atoms with E-state index in [1.54, 1.807) is 6.07 Å². The lowest BCUT2D eigenvalue weighted by molar-refractivity contribution is -0.117. The second kappa shape index (κ2) is 3.47. The number of rotatable bonds is 2. The number of carbonyl (C=O) groups excluding carboxylic acids is 1. The zero-order valence-corrected chi connectivity index (χ0v) is 9.71. The molecule has 0 saturated heterocycles. The predicted octanol–water partition coefficient (Wildman–Crippen LogP) is 2.33. The van der Waals surface area contributed by atoms with Crippen LogP contribution in [0.4, 0.5) is 5.69 Å². The molecule has 1 aromatic rings. The standard InChI is InChI=1S/C12H13ClN2O/c1-6-5-9(6)14-11-7-3-2-4-8(13)10(7)15-12(11)16/h2-4,6,9,11,14H,5H2,1H3,(H,15,16). The van der Waals surface area contributed by atoms with Crippen LogP contribution in [0, 0.1) is 5.92 Å². The highest BCUT2D eigenvalue weighted by Gasteiger charge is 2.39. The summed E-state index contributed by atoms with van der Waals surface area (Å²) in [6, 6.07) is 5.86. The van der Waals surface area contributed by atoms with E-state index in [0.29, 0.717) is 17.0 Å². The van der Waals surface area contributed by atoms with Crippen LogP contribution in [0.1, 0.15) is 24.9 Å². The highest BCUT2D eigenvalue weighted by Crippen LogP contribution is 2.39. The van der Waals surface area contributed by atoms with Gasteiger partial charge in [-0.1, -0.05) is 30.7 Å². The van der Waals surface area contributed by atoms with Crippen molar-refractivity contribution in [2.45, 2.75) is 25.4 Å². The molecule has 3 nitrogen and oxygen atoms in total. The molecule has 84 valence electrons. The minimum Gasteiger partial charge on any atom is -0.323 e. The van der Waals surface area contributed by atoms with E-state index in [1.165, 1.54) is 0 Å². The van der Waals surface area contributed by atoms with Crippen LogP contribution in [0.5, 0.6) is 0 Å². The zero-order valence-electron chi connectivity index (χ0n) is 8.96. The van der Waals surface area contributed by atoms with Crippen molar-refractivity contribution in [1.82, 2.24) is 5.32 Å². The Hall–Kier alpha value is -1.06. The van der Waals surface area contributed by atoms with Gasteiger partial charge in [-0.3, -0.25) is 10.1 Å². The maximum Gasteiger partial charge on any atom is 0.246 e. The van der Waals surface area contributed by atoms with Gasteiger partial charge in [0.25, 0.3) is 0 Å². The molecule has 0 bridgehead atoms. The number of amides is 1. The van der Waals surface area contributed by atoms with Crippen molar-refractivity contribution in [3.8, 4) is 0 Å². The summed E-state index contributed by atoms with van der Waals surface area (Å²) < 4.78 is 0. The average Bonchev–Trinajstić information content (AvgIpc) is 2.84. The van der Waals surface area contributed by atoms with Gasteiger partial charge in [0.2, 0.25) is 5.91 Å². The summed E-state index contributed by atoms with van der Waals surface area (Å²) in [5.41, 5.74) is 1.73. The van der Waals surface area contributed by atoms with Gasteiger partial charge in [-0.05, 0) is 18.4 Å². The molecule has 4 heteroatoms. The fourth-order valence-corrected chi connectivity index (χ4v) is 2.41. The van der Waals surface area contributed by atoms with Crippen LogP contribution < -0.4 is 10.6 Å². The maximum absolute atomic E-state index is 11.8. The third-order valence-corrected chi connectivity index (χ3v) is 3.67. The van der Waals surface area contributed by atoms with E-state index in [4.69, 9.17) is 11.6 Å². The lowest BCUT2D eigenvalue weighted by Gasteiger charge is -2.10. The van der Waals surface area contributed by atoms with Crippen molar-refractivity contribution in [1.29, 1.82) is 0 Å². The smallest absolute Gasteiger partial charge is 0.246 e. The number of nitrogens with one attached hydrogen (secondary N) is 2. The number of fused-ring (bicyclic) bond motifs is 1. The van der Waals surface area contributed by atoms with E-state index >= 15 is 0 Å². The van der Waals surface area contributed by atoms with E-state index in [2.05, 4.69) is 17.6 Å². The van der Waals surface area contributed by atoms with E-state index in [9.17, 15) is 4.79 Å². The van der Waals surface area contributed by atoms with Gasteiger partial charge in [0.15, 0.2) is 0 Å². The lowest BCUT2D eigenvalue weighted by Crippen LogP contribution is -2.29. The van der Waals surface area contributed by atoms with Gasteiger partial charge >= 0.3 is 0 Å². The van der Waals surface area contributed by atoms with Crippen LogP contribution in [-0.4, -0.2) is 11.9 Å². The molecular formula is C12H13ClN2O. The van der Waals surface area contributed by atoms with E-state index in [0.717, 1.165) is 17.7 Å². The van der Waals surface area contributed by atoms with Gasteiger partial charge in [-0.25, -0.2) is 0 Å². The monoisotopic (exact) mass is 236 g/mol. The first-order valence-electron chi connectivity index (χ1n) is 5.52. The van der Waals surface area contributed by atoms with Crippen molar-refractivity contribution < 1.29 is 4.79 Å². The number of halogens is 1. The maximum atomic E-state index is 11.8. The molecule has 3 unspecified atom stereocenters. The Bertz CT molecular complexity index is 460. The van der Waals surface area contributed by atoms with Crippen molar-refractivity contribution in [2.75, 3.05) is 5.32 Å². The summed E-state index contributed by atoms with van der Waals surface area (Å²) in [6.45, 7) is 2.18. The number of hydrogen-bond acceptors (Lipinski definition) is 2. The largest absolute Gasteiger partial charge is 0.323 e. The Labute approximate surface area is 99.2 Å². The molecule has 0 spiro atoms. The molecule has 1 fully saturated rings. The average molecular weight is 237 g/mol. The molecule has 3 rings (SSSR count). The Morgan fingerprint density at radius 3 is 2.94 bits per heavy atom. The van der Waals surface area contributed by atoms with Crippen molar-refractivity contribution in [2.24, 2.45) is 5.92 Å². The van der Waals surface area contributed by atoms with Gasteiger partial charge in [-0.15, -0.1) is 0 Å². The summed E-state index contributed by atoms with van der Waals surface area (Å²) in [6.07, 6.45) is 1.15. The highest BCUT2D eigenvalue weighted by molar-refractivity contribution is 6.34. The molecule has 1 saturated carbocycles. The number of hydrogen-bond donors (Lipinski definition) is 2. The van der Waals surface area contributed by atoms with Gasteiger partial charge in [0.1, 0.15) is 6.04 Å². The molecule has 16 heavy (non-hydrogen) atoms. The first-order chi connectivity index (χ1) is 7.66. The summed E-state index contributed by atoms with van der Waals surface area (Å²) in [4.78, 5) is 11.8. The molecule has 1 aliphatic heterocycles. The SMILES string of the molecule is CC1CC1NC1C(=O)Nc2c(Cl)cccc21.